The van der Waals surface area contributed by atoms with Crippen molar-refractivity contribution in [3.8, 4) is 11.3 Å². The zero-order valence-electron chi connectivity index (χ0n) is 14.7. The lowest BCUT2D eigenvalue weighted by Crippen LogP contribution is -2.01. The third-order valence-electron chi connectivity index (χ3n) is 4.57. The Balaban J connectivity index is 1.88. The predicted octanol–water partition coefficient (Wildman–Crippen LogP) is 5.99. The Hall–Kier alpha value is -2.59. The normalized spacial score (nSPS) is 11.2. The van der Waals surface area contributed by atoms with Crippen molar-refractivity contribution in [1.82, 2.24) is 9.38 Å². The average molecular weight is 347 g/mol. The van der Waals surface area contributed by atoms with E-state index in [0.29, 0.717) is 0 Å². The van der Waals surface area contributed by atoms with Crippen LogP contribution in [0.3, 0.4) is 0 Å². The second kappa shape index (κ2) is 6.37. The molecule has 0 aliphatic carbocycles. The zero-order valence-corrected chi connectivity index (χ0v) is 15.5. The van der Waals surface area contributed by atoms with Gasteiger partial charge in [0.25, 0.3) is 0 Å². The van der Waals surface area contributed by atoms with Crippen LogP contribution in [-0.4, -0.2) is 9.38 Å². The molecule has 0 atom stereocenters. The Kier molecular flexibility index (Phi) is 4.06. The number of thiazole rings is 1. The summed E-state index contributed by atoms with van der Waals surface area (Å²) >= 11 is 1.66. The highest BCUT2D eigenvalue weighted by atomic mass is 32.1. The molecule has 0 fully saturated rings. The molecule has 4 aromatic rings. The first kappa shape index (κ1) is 15.9. The van der Waals surface area contributed by atoms with Gasteiger partial charge in [-0.05, 0) is 31.4 Å². The van der Waals surface area contributed by atoms with Crippen LogP contribution in [0.4, 0.5) is 11.5 Å². The van der Waals surface area contributed by atoms with Crippen molar-refractivity contribution < 1.29 is 0 Å². The Morgan fingerprint density at radius 2 is 1.88 bits per heavy atom. The summed E-state index contributed by atoms with van der Waals surface area (Å²) in [5.74, 6) is 1.03. The maximum Gasteiger partial charge on any atom is 0.195 e. The van der Waals surface area contributed by atoms with Gasteiger partial charge in [0, 0.05) is 22.8 Å². The fourth-order valence-corrected chi connectivity index (χ4v) is 3.85. The molecule has 126 valence electrons. The monoisotopic (exact) mass is 347 g/mol. The number of nitrogens with one attached hydrogen (secondary N) is 1. The number of fused-ring (bicyclic) bond motifs is 1. The van der Waals surface area contributed by atoms with Crippen LogP contribution in [-0.2, 0) is 6.42 Å². The molecule has 2 aromatic heterocycles. The zero-order chi connectivity index (χ0) is 17.4. The van der Waals surface area contributed by atoms with Crippen molar-refractivity contribution in [2.45, 2.75) is 27.2 Å². The van der Waals surface area contributed by atoms with Gasteiger partial charge in [-0.2, -0.15) is 0 Å². The highest BCUT2D eigenvalue weighted by molar-refractivity contribution is 7.15. The fraction of sp³-hybridized carbons (Fsp3) is 0.190. The molecule has 3 nitrogen and oxygen atoms in total. The number of rotatable bonds is 4. The van der Waals surface area contributed by atoms with Crippen LogP contribution >= 0.6 is 11.3 Å². The molecule has 1 N–H and O–H groups in total. The molecule has 0 saturated carbocycles. The Morgan fingerprint density at radius 1 is 1.08 bits per heavy atom. The van der Waals surface area contributed by atoms with Crippen LogP contribution in [0.2, 0.25) is 0 Å². The van der Waals surface area contributed by atoms with Gasteiger partial charge in [0.1, 0.15) is 11.5 Å². The van der Waals surface area contributed by atoms with E-state index in [1.54, 1.807) is 11.3 Å². The van der Waals surface area contributed by atoms with Crippen molar-refractivity contribution in [2.75, 3.05) is 5.32 Å². The molecule has 0 amide bonds. The van der Waals surface area contributed by atoms with E-state index in [1.807, 2.05) is 0 Å². The minimum Gasteiger partial charge on any atom is -0.339 e. The number of hydrogen-bond acceptors (Lipinski definition) is 3. The summed E-state index contributed by atoms with van der Waals surface area (Å²) in [6, 6.07) is 15.0. The van der Waals surface area contributed by atoms with Crippen molar-refractivity contribution >= 4 is 27.8 Å². The molecule has 0 unspecified atom stereocenters. The van der Waals surface area contributed by atoms with Gasteiger partial charge >= 0.3 is 0 Å². The summed E-state index contributed by atoms with van der Waals surface area (Å²) in [4.78, 5) is 5.88. The third kappa shape index (κ3) is 2.83. The van der Waals surface area contributed by atoms with E-state index in [2.05, 4.69) is 84.5 Å². The number of benzene rings is 2. The number of para-hydroxylation sites is 1. The fourth-order valence-electron chi connectivity index (χ4n) is 3.14. The highest BCUT2D eigenvalue weighted by Gasteiger charge is 2.17. The van der Waals surface area contributed by atoms with Crippen molar-refractivity contribution in [3.05, 3.63) is 70.7 Å². The highest BCUT2D eigenvalue weighted by Crippen LogP contribution is 2.34. The average Bonchev–Trinajstić information content (AvgIpc) is 3.20. The van der Waals surface area contributed by atoms with E-state index >= 15 is 0 Å². The minimum atomic E-state index is 0.995. The number of aryl methyl sites for hydroxylation is 3. The lowest BCUT2D eigenvalue weighted by molar-refractivity contribution is 1.12. The molecule has 2 heterocycles. The lowest BCUT2D eigenvalue weighted by Gasteiger charge is -2.15. The van der Waals surface area contributed by atoms with E-state index in [-0.39, 0.29) is 0 Å². The first-order valence-corrected chi connectivity index (χ1v) is 9.43. The standard InChI is InChI=1S/C21H21N3S/c1-4-16-7-5-6-15(3)18(16)22-20-19(17-10-8-14(2)9-11-17)23-21-24(20)12-13-25-21/h5-13,22H,4H2,1-3H3. The number of imidazole rings is 1. The maximum atomic E-state index is 4.87. The molecule has 0 aliphatic rings. The van der Waals surface area contributed by atoms with E-state index < -0.39 is 0 Å². The van der Waals surface area contributed by atoms with Gasteiger partial charge in [0.15, 0.2) is 4.96 Å². The van der Waals surface area contributed by atoms with Crippen LogP contribution in [0.1, 0.15) is 23.6 Å². The van der Waals surface area contributed by atoms with Gasteiger partial charge in [-0.25, -0.2) is 4.98 Å². The van der Waals surface area contributed by atoms with Crippen LogP contribution in [0, 0.1) is 13.8 Å². The summed E-state index contributed by atoms with van der Waals surface area (Å²) in [5, 5.41) is 5.76. The number of anilines is 2. The molecular formula is C21H21N3S. The molecule has 0 saturated heterocycles. The van der Waals surface area contributed by atoms with E-state index in [4.69, 9.17) is 4.98 Å². The molecule has 0 spiro atoms. The second-order valence-electron chi connectivity index (χ2n) is 6.32. The molecule has 2 aromatic carbocycles. The van der Waals surface area contributed by atoms with E-state index in [0.717, 1.165) is 28.5 Å². The van der Waals surface area contributed by atoms with Gasteiger partial charge in [-0.3, -0.25) is 4.40 Å². The molecule has 0 aliphatic heterocycles. The Morgan fingerprint density at radius 3 is 2.64 bits per heavy atom. The SMILES string of the molecule is CCc1cccc(C)c1Nc1c(-c2ccc(C)cc2)nc2sccn12. The van der Waals surface area contributed by atoms with Crippen molar-refractivity contribution in [1.29, 1.82) is 0 Å². The van der Waals surface area contributed by atoms with Crippen LogP contribution in [0.15, 0.2) is 54.0 Å². The van der Waals surface area contributed by atoms with Gasteiger partial charge < -0.3 is 5.32 Å². The van der Waals surface area contributed by atoms with Crippen molar-refractivity contribution in [3.63, 3.8) is 0 Å². The van der Waals surface area contributed by atoms with Crippen LogP contribution in [0.25, 0.3) is 16.2 Å². The third-order valence-corrected chi connectivity index (χ3v) is 5.33. The first-order chi connectivity index (χ1) is 12.2. The first-order valence-electron chi connectivity index (χ1n) is 8.55. The second-order valence-corrected chi connectivity index (χ2v) is 7.19. The van der Waals surface area contributed by atoms with Crippen molar-refractivity contribution in [2.24, 2.45) is 0 Å². The molecule has 0 bridgehead atoms. The van der Waals surface area contributed by atoms with E-state index in [9.17, 15) is 0 Å². The molecule has 4 heteroatoms. The van der Waals surface area contributed by atoms with E-state index in [1.165, 1.54) is 22.4 Å². The molecule has 25 heavy (non-hydrogen) atoms. The summed E-state index contributed by atoms with van der Waals surface area (Å²) in [5.41, 5.74) is 7.14. The summed E-state index contributed by atoms with van der Waals surface area (Å²) in [7, 11) is 0. The molecule has 4 rings (SSSR count). The summed E-state index contributed by atoms with van der Waals surface area (Å²) < 4.78 is 2.14. The summed E-state index contributed by atoms with van der Waals surface area (Å²) in [6.07, 6.45) is 3.08. The van der Waals surface area contributed by atoms with Gasteiger partial charge in [-0.15, -0.1) is 11.3 Å². The Bertz CT molecular complexity index is 1030. The van der Waals surface area contributed by atoms with Gasteiger partial charge in [0.05, 0.1) is 0 Å². The lowest BCUT2D eigenvalue weighted by atomic mass is 10.1. The minimum absolute atomic E-state index is 0.995. The molecule has 0 radical (unpaired) electrons. The quantitative estimate of drug-likeness (QED) is 0.491. The largest absolute Gasteiger partial charge is 0.339 e. The van der Waals surface area contributed by atoms with Gasteiger partial charge in [-0.1, -0.05) is 55.0 Å². The van der Waals surface area contributed by atoms with Gasteiger partial charge in [0.2, 0.25) is 0 Å². The van der Waals surface area contributed by atoms with Crippen LogP contribution < -0.4 is 5.32 Å². The summed E-state index contributed by atoms with van der Waals surface area (Å²) in [6.45, 7) is 6.45. The number of hydrogen-bond donors (Lipinski definition) is 1. The number of aromatic nitrogens is 2. The predicted molar refractivity (Wildman–Crippen MR) is 107 cm³/mol. The number of nitrogens with zero attached hydrogens (tertiary/aromatic N) is 2. The topological polar surface area (TPSA) is 29.3 Å². The maximum absolute atomic E-state index is 4.87. The van der Waals surface area contributed by atoms with Crippen LogP contribution in [0.5, 0.6) is 0 Å². The smallest absolute Gasteiger partial charge is 0.195 e. The Labute approximate surface area is 152 Å². The molecular weight excluding hydrogens is 326 g/mol.